The number of carbonyl (C=O) groups is 1. The zero-order valence-electron chi connectivity index (χ0n) is 13.6. The average Bonchev–Trinajstić information content (AvgIpc) is 2.99. The van der Waals surface area contributed by atoms with Crippen LogP contribution < -0.4 is 15.2 Å². The average molecular weight is 393 g/mol. The fraction of sp³-hybridized carbons (Fsp3) is 0.125. The van der Waals surface area contributed by atoms with Crippen molar-refractivity contribution in [3.05, 3.63) is 36.4 Å². The molecule has 0 saturated heterocycles. The maximum Gasteiger partial charge on any atom is 0.255 e. The summed E-state index contributed by atoms with van der Waals surface area (Å²) in [6.45, 7) is -0.291. The fourth-order valence-corrected chi connectivity index (χ4v) is 4.02. The molecule has 8 nitrogen and oxygen atoms in total. The van der Waals surface area contributed by atoms with Crippen LogP contribution in [0.5, 0.6) is 11.5 Å². The van der Waals surface area contributed by atoms with Crippen LogP contribution in [0.15, 0.2) is 51.3 Å². The van der Waals surface area contributed by atoms with Gasteiger partial charge in [0.1, 0.15) is 21.9 Å². The lowest BCUT2D eigenvalue weighted by molar-refractivity contribution is -0.119. The molecular weight excluding hydrogens is 378 g/mol. The van der Waals surface area contributed by atoms with E-state index in [0.29, 0.717) is 22.2 Å². The van der Waals surface area contributed by atoms with Crippen molar-refractivity contribution in [1.29, 1.82) is 0 Å². The molecule has 3 aromatic rings. The normalized spacial score (nSPS) is 11.5. The van der Waals surface area contributed by atoms with Crippen LogP contribution in [-0.4, -0.2) is 38.0 Å². The summed E-state index contributed by atoms with van der Waals surface area (Å²) in [6, 6.07) is 8.70. The van der Waals surface area contributed by atoms with Crippen LogP contribution in [0.25, 0.3) is 11.0 Å². The second-order valence-electron chi connectivity index (χ2n) is 5.31. The number of rotatable bonds is 6. The number of nitrogens with two attached hydrogens (primary N) is 1. The number of ether oxygens (including phenoxy) is 2. The molecule has 0 atom stereocenters. The van der Waals surface area contributed by atoms with Crippen LogP contribution in [0.3, 0.4) is 0 Å². The van der Waals surface area contributed by atoms with Gasteiger partial charge in [0.25, 0.3) is 5.91 Å². The first kappa shape index (κ1) is 18.1. The van der Waals surface area contributed by atoms with Gasteiger partial charge in [-0.3, -0.25) is 4.79 Å². The number of aromatic amines is 1. The molecular formula is C16H15N3O5S2. The van der Waals surface area contributed by atoms with Crippen LogP contribution in [0, 0.1) is 0 Å². The molecule has 1 heterocycles. The van der Waals surface area contributed by atoms with Crippen molar-refractivity contribution in [3.63, 3.8) is 0 Å². The Balaban J connectivity index is 2.05. The van der Waals surface area contributed by atoms with Crippen molar-refractivity contribution >= 4 is 39.4 Å². The van der Waals surface area contributed by atoms with Gasteiger partial charge in [0.15, 0.2) is 11.8 Å². The van der Waals surface area contributed by atoms with Crippen molar-refractivity contribution in [2.24, 2.45) is 5.73 Å². The molecule has 0 bridgehead atoms. The second-order valence-corrected chi connectivity index (χ2v) is 7.65. The number of nitrogens with one attached hydrogen (secondary N) is 1. The lowest BCUT2D eigenvalue weighted by Gasteiger charge is -2.09. The third kappa shape index (κ3) is 3.46. The molecule has 0 aliphatic rings. The zero-order chi connectivity index (χ0) is 18.9. The number of fused-ring (bicyclic) bond motifs is 1. The highest BCUT2D eigenvalue weighted by Gasteiger charge is 2.24. The van der Waals surface area contributed by atoms with E-state index >= 15 is 0 Å². The molecule has 0 unspecified atom stereocenters. The molecule has 0 aliphatic heterocycles. The third-order valence-corrected chi connectivity index (χ3v) is 5.55. The van der Waals surface area contributed by atoms with Gasteiger partial charge in [-0.25, -0.2) is 13.4 Å². The van der Waals surface area contributed by atoms with E-state index in [-0.39, 0.29) is 21.9 Å². The van der Waals surface area contributed by atoms with E-state index in [1.54, 1.807) is 6.07 Å². The maximum atomic E-state index is 13.1. The molecule has 0 radical (unpaired) electrons. The van der Waals surface area contributed by atoms with Crippen LogP contribution in [0.4, 0.5) is 0 Å². The Morgan fingerprint density at radius 3 is 2.54 bits per heavy atom. The number of H-pyrrole nitrogens is 1. The first-order chi connectivity index (χ1) is 12.3. The van der Waals surface area contributed by atoms with Gasteiger partial charge in [-0.05, 0) is 24.3 Å². The van der Waals surface area contributed by atoms with Crippen molar-refractivity contribution in [2.75, 3.05) is 13.7 Å². The quantitative estimate of drug-likeness (QED) is 0.546. The van der Waals surface area contributed by atoms with Gasteiger partial charge in [0.2, 0.25) is 9.84 Å². The standard InChI is InChI=1S/C16H15N3O5S2/c1-23-10-6-12-15(19-16(25)18-12)13(7-10)26(21,22)11-4-2-9(3-5-11)24-8-14(17)20/h2-7H,8H2,1H3,(H2,17,20)(H2,18,19,25). The number of primary amides is 1. The van der Waals surface area contributed by atoms with Crippen LogP contribution in [-0.2, 0) is 14.6 Å². The van der Waals surface area contributed by atoms with Gasteiger partial charge in [-0.15, -0.1) is 12.6 Å². The van der Waals surface area contributed by atoms with Crippen LogP contribution in [0.1, 0.15) is 0 Å². The van der Waals surface area contributed by atoms with Gasteiger partial charge in [0, 0.05) is 12.1 Å². The molecule has 10 heteroatoms. The number of hydrogen-bond acceptors (Lipinski definition) is 7. The number of benzene rings is 2. The number of nitrogens with zero attached hydrogens (tertiary/aromatic N) is 1. The largest absolute Gasteiger partial charge is 0.497 e. The van der Waals surface area contributed by atoms with E-state index in [9.17, 15) is 13.2 Å². The summed E-state index contributed by atoms with van der Waals surface area (Å²) >= 11 is 4.13. The minimum absolute atomic E-state index is 0.00537. The highest BCUT2D eigenvalue weighted by Crippen LogP contribution is 2.32. The molecule has 0 aliphatic carbocycles. The van der Waals surface area contributed by atoms with Crippen LogP contribution in [0.2, 0.25) is 0 Å². The first-order valence-electron chi connectivity index (χ1n) is 7.34. The molecule has 3 rings (SSSR count). The van der Waals surface area contributed by atoms with E-state index < -0.39 is 15.7 Å². The fourth-order valence-electron chi connectivity index (χ4n) is 2.37. The SMILES string of the molecule is COc1cc(S(=O)(=O)c2ccc(OCC(N)=O)cc2)c2nc(S)[nH]c2c1. The summed E-state index contributed by atoms with van der Waals surface area (Å²) in [5.41, 5.74) is 5.77. The van der Waals surface area contributed by atoms with E-state index in [0.717, 1.165) is 0 Å². The van der Waals surface area contributed by atoms with Gasteiger partial charge < -0.3 is 20.2 Å². The van der Waals surface area contributed by atoms with Crippen molar-refractivity contribution in [2.45, 2.75) is 14.9 Å². The lowest BCUT2D eigenvalue weighted by Crippen LogP contribution is -2.20. The molecule has 3 N–H and O–H groups in total. The molecule has 0 fully saturated rings. The van der Waals surface area contributed by atoms with Crippen molar-refractivity contribution < 1.29 is 22.7 Å². The maximum absolute atomic E-state index is 13.1. The number of aromatic nitrogens is 2. The Labute approximate surface area is 154 Å². The molecule has 2 aromatic carbocycles. The number of amides is 1. The predicted octanol–water partition coefficient (Wildman–Crippen LogP) is 1.56. The predicted molar refractivity (Wildman–Crippen MR) is 96.5 cm³/mol. The van der Waals surface area contributed by atoms with E-state index in [1.165, 1.54) is 37.4 Å². The first-order valence-corrected chi connectivity index (χ1v) is 9.27. The van der Waals surface area contributed by atoms with Crippen LogP contribution >= 0.6 is 12.6 Å². The highest BCUT2D eigenvalue weighted by molar-refractivity contribution is 7.91. The number of sulfone groups is 1. The van der Waals surface area contributed by atoms with Gasteiger partial charge in [-0.1, -0.05) is 0 Å². The van der Waals surface area contributed by atoms with Crippen molar-refractivity contribution in [3.8, 4) is 11.5 Å². The summed E-state index contributed by atoms with van der Waals surface area (Å²) < 4.78 is 36.4. The van der Waals surface area contributed by atoms with Gasteiger partial charge >= 0.3 is 0 Å². The summed E-state index contributed by atoms with van der Waals surface area (Å²) in [5, 5.41) is 0.292. The van der Waals surface area contributed by atoms with Gasteiger partial charge in [-0.2, -0.15) is 0 Å². The van der Waals surface area contributed by atoms with E-state index in [1.807, 2.05) is 0 Å². The summed E-state index contributed by atoms with van der Waals surface area (Å²) in [4.78, 5) is 17.8. The number of hydrogen-bond donors (Lipinski definition) is 3. The minimum Gasteiger partial charge on any atom is -0.497 e. The Bertz CT molecular complexity index is 1080. The molecule has 1 aromatic heterocycles. The smallest absolute Gasteiger partial charge is 0.255 e. The molecule has 136 valence electrons. The zero-order valence-corrected chi connectivity index (χ0v) is 15.3. The summed E-state index contributed by atoms with van der Waals surface area (Å²) in [7, 11) is -2.43. The number of thiol groups is 1. The Hall–Kier alpha value is -2.72. The minimum atomic E-state index is -3.88. The van der Waals surface area contributed by atoms with E-state index in [2.05, 4.69) is 22.6 Å². The molecule has 0 saturated carbocycles. The summed E-state index contributed by atoms with van der Waals surface area (Å²) in [6.07, 6.45) is 0. The monoisotopic (exact) mass is 393 g/mol. The Morgan fingerprint density at radius 2 is 1.92 bits per heavy atom. The number of carbonyl (C=O) groups excluding carboxylic acids is 1. The van der Waals surface area contributed by atoms with E-state index in [4.69, 9.17) is 15.2 Å². The second kappa shape index (κ2) is 6.89. The number of methoxy groups -OCH3 is 1. The molecule has 1 amide bonds. The molecule has 26 heavy (non-hydrogen) atoms. The van der Waals surface area contributed by atoms with Crippen molar-refractivity contribution in [1.82, 2.24) is 9.97 Å². The highest BCUT2D eigenvalue weighted by atomic mass is 32.2. The van der Waals surface area contributed by atoms with Gasteiger partial charge in [0.05, 0.1) is 17.5 Å². The Morgan fingerprint density at radius 1 is 1.23 bits per heavy atom. The molecule has 0 spiro atoms. The topological polar surface area (TPSA) is 124 Å². The number of imidazole rings is 1. The summed E-state index contributed by atoms with van der Waals surface area (Å²) in [5.74, 6) is 0.0759. The Kier molecular flexibility index (Phi) is 4.79. The third-order valence-electron chi connectivity index (χ3n) is 3.55. The lowest BCUT2D eigenvalue weighted by atomic mass is 10.3.